The van der Waals surface area contributed by atoms with E-state index in [-0.39, 0.29) is 5.91 Å². The summed E-state index contributed by atoms with van der Waals surface area (Å²) < 4.78 is 1.11. The molecule has 0 atom stereocenters. The van der Waals surface area contributed by atoms with Crippen molar-refractivity contribution < 1.29 is 4.79 Å². The summed E-state index contributed by atoms with van der Waals surface area (Å²) in [5, 5.41) is 3.25. The summed E-state index contributed by atoms with van der Waals surface area (Å²) in [7, 11) is 1.87. The molecule has 0 heterocycles. The predicted octanol–water partition coefficient (Wildman–Crippen LogP) is 2.20. The van der Waals surface area contributed by atoms with E-state index >= 15 is 0 Å². The Morgan fingerprint density at radius 3 is 2.83 bits per heavy atom. The zero-order chi connectivity index (χ0) is 13.0. The normalized spacial score (nSPS) is 14.6. The number of rotatable bonds is 6. The highest BCUT2D eigenvalue weighted by Crippen LogP contribution is 2.18. The van der Waals surface area contributed by atoms with Crippen molar-refractivity contribution >= 4 is 21.8 Å². The Kier molecular flexibility index (Phi) is 4.78. The van der Waals surface area contributed by atoms with E-state index in [1.807, 2.05) is 25.2 Å². The van der Waals surface area contributed by atoms with Crippen molar-refractivity contribution in [2.75, 3.05) is 20.1 Å². The van der Waals surface area contributed by atoms with E-state index in [1.54, 1.807) is 4.90 Å². The van der Waals surface area contributed by atoms with Gasteiger partial charge in [0.25, 0.3) is 0 Å². The summed E-state index contributed by atoms with van der Waals surface area (Å²) in [4.78, 5) is 13.6. The SMILES string of the molecule is CN(CCc1ccccc1Br)C(=O)CNC1CC1. The van der Waals surface area contributed by atoms with Gasteiger partial charge in [-0.3, -0.25) is 4.79 Å². The number of nitrogens with zero attached hydrogens (tertiary/aromatic N) is 1. The number of benzene rings is 1. The Balaban J connectivity index is 1.74. The maximum atomic E-state index is 11.8. The fourth-order valence-corrected chi connectivity index (χ4v) is 2.25. The zero-order valence-electron chi connectivity index (χ0n) is 10.7. The molecular formula is C14H19BrN2O. The topological polar surface area (TPSA) is 32.3 Å². The second-order valence-corrected chi connectivity index (χ2v) is 5.67. The van der Waals surface area contributed by atoms with E-state index < -0.39 is 0 Å². The van der Waals surface area contributed by atoms with Crippen LogP contribution in [0.1, 0.15) is 18.4 Å². The molecule has 0 aliphatic heterocycles. The molecule has 1 aromatic carbocycles. The first-order valence-electron chi connectivity index (χ1n) is 6.37. The van der Waals surface area contributed by atoms with Gasteiger partial charge in [0.15, 0.2) is 0 Å². The van der Waals surface area contributed by atoms with Crippen LogP contribution in [0.15, 0.2) is 28.7 Å². The lowest BCUT2D eigenvalue weighted by molar-refractivity contribution is -0.128. The summed E-state index contributed by atoms with van der Waals surface area (Å²) in [6, 6.07) is 8.74. The summed E-state index contributed by atoms with van der Waals surface area (Å²) in [5.74, 6) is 0.175. The number of carbonyl (C=O) groups excluding carboxylic acids is 1. The molecule has 1 fully saturated rings. The van der Waals surface area contributed by atoms with Crippen molar-refractivity contribution in [2.45, 2.75) is 25.3 Å². The number of amides is 1. The first-order chi connectivity index (χ1) is 8.66. The monoisotopic (exact) mass is 310 g/mol. The molecule has 0 aromatic heterocycles. The molecule has 4 heteroatoms. The molecule has 1 saturated carbocycles. The third kappa shape index (κ3) is 4.10. The molecule has 18 heavy (non-hydrogen) atoms. The van der Waals surface area contributed by atoms with Gasteiger partial charge in [0.2, 0.25) is 5.91 Å². The van der Waals surface area contributed by atoms with Crippen molar-refractivity contribution in [3.63, 3.8) is 0 Å². The number of nitrogens with one attached hydrogen (secondary N) is 1. The van der Waals surface area contributed by atoms with Gasteiger partial charge >= 0.3 is 0 Å². The van der Waals surface area contributed by atoms with Crippen LogP contribution in [-0.2, 0) is 11.2 Å². The number of hydrogen-bond donors (Lipinski definition) is 1. The smallest absolute Gasteiger partial charge is 0.236 e. The Bertz CT molecular complexity index is 418. The van der Waals surface area contributed by atoms with Crippen molar-refractivity contribution in [2.24, 2.45) is 0 Å². The lowest BCUT2D eigenvalue weighted by Crippen LogP contribution is -2.37. The van der Waals surface area contributed by atoms with Crippen LogP contribution in [0, 0.1) is 0 Å². The molecule has 0 radical (unpaired) electrons. The van der Waals surface area contributed by atoms with Gasteiger partial charge in [-0.05, 0) is 30.9 Å². The largest absolute Gasteiger partial charge is 0.344 e. The minimum atomic E-state index is 0.175. The summed E-state index contributed by atoms with van der Waals surface area (Å²) in [5.41, 5.74) is 1.24. The molecule has 0 bridgehead atoms. The van der Waals surface area contributed by atoms with Crippen molar-refractivity contribution in [3.8, 4) is 0 Å². The predicted molar refractivity (Wildman–Crippen MR) is 76.5 cm³/mol. The molecule has 0 spiro atoms. The third-order valence-electron chi connectivity index (χ3n) is 3.22. The number of likely N-dealkylation sites (N-methyl/N-ethyl adjacent to an activating group) is 1. The molecule has 1 aromatic rings. The summed E-state index contributed by atoms with van der Waals surface area (Å²) in [6.07, 6.45) is 3.31. The van der Waals surface area contributed by atoms with Gasteiger partial charge in [-0.1, -0.05) is 34.1 Å². The highest BCUT2D eigenvalue weighted by atomic mass is 79.9. The molecule has 98 valence electrons. The van der Waals surface area contributed by atoms with E-state index in [0.717, 1.165) is 17.4 Å². The van der Waals surface area contributed by atoms with Crippen molar-refractivity contribution in [1.29, 1.82) is 0 Å². The average molecular weight is 311 g/mol. The Hall–Kier alpha value is -0.870. The third-order valence-corrected chi connectivity index (χ3v) is 3.99. The van der Waals surface area contributed by atoms with Crippen LogP contribution in [0.2, 0.25) is 0 Å². The molecule has 1 amide bonds. The van der Waals surface area contributed by atoms with Crippen LogP contribution in [0.25, 0.3) is 0 Å². The summed E-state index contributed by atoms with van der Waals surface area (Å²) in [6.45, 7) is 1.23. The van der Waals surface area contributed by atoms with Gasteiger partial charge in [0.05, 0.1) is 6.54 Å². The van der Waals surface area contributed by atoms with E-state index in [1.165, 1.54) is 18.4 Å². The van der Waals surface area contributed by atoms with Crippen LogP contribution in [0.3, 0.4) is 0 Å². The van der Waals surface area contributed by atoms with Crippen LogP contribution < -0.4 is 5.32 Å². The lowest BCUT2D eigenvalue weighted by atomic mass is 10.1. The van der Waals surface area contributed by atoms with Gasteiger partial charge in [-0.2, -0.15) is 0 Å². The highest BCUT2D eigenvalue weighted by Gasteiger charge is 2.21. The van der Waals surface area contributed by atoms with E-state index in [0.29, 0.717) is 12.6 Å². The molecule has 1 aliphatic carbocycles. The second-order valence-electron chi connectivity index (χ2n) is 4.81. The quantitative estimate of drug-likeness (QED) is 0.873. The standard InChI is InChI=1S/C14H19BrN2O/c1-17(14(18)10-16-12-6-7-12)9-8-11-4-2-3-5-13(11)15/h2-5,12,16H,6-10H2,1H3. The van der Waals surface area contributed by atoms with Gasteiger partial charge in [0, 0.05) is 24.1 Å². The van der Waals surface area contributed by atoms with Gasteiger partial charge in [-0.15, -0.1) is 0 Å². The van der Waals surface area contributed by atoms with E-state index in [2.05, 4.69) is 27.3 Å². The van der Waals surface area contributed by atoms with Gasteiger partial charge < -0.3 is 10.2 Å². The molecule has 0 saturated heterocycles. The van der Waals surface area contributed by atoms with Crippen LogP contribution in [0.5, 0.6) is 0 Å². The van der Waals surface area contributed by atoms with Gasteiger partial charge in [-0.25, -0.2) is 0 Å². The molecular weight excluding hydrogens is 292 g/mol. The number of carbonyl (C=O) groups is 1. The van der Waals surface area contributed by atoms with Crippen LogP contribution in [0.4, 0.5) is 0 Å². The lowest BCUT2D eigenvalue weighted by Gasteiger charge is -2.17. The average Bonchev–Trinajstić information content (AvgIpc) is 3.18. The molecule has 3 nitrogen and oxygen atoms in total. The minimum absolute atomic E-state index is 0.175. The molecule has 0 unspecified atom stereocenters. The molecule has 1 N–H and O–H groups in total. The van der Waals surface area contributed by atoms with Crippen LogP contribution in [-0.4, -0.2) is 37.0 Å². The first kappa shape index (κ1) is 13.6. The van der Waals surface area contributed by atoms with E-state index in [4.69, 9.17) is 0 Å². The Morgan fingerprint density at radius 1 is 1.44 bits per heavy atom. The Labute approximate surface area is 117 Å². The minimum Gasteiger partial charge on any atom is -0.344 e. The summed E-state index contributed by atoms with van der Waals surface area (Å²) >= 11 is 3.53. The van der Waals surface area contributed by atoms with Gasteiger partial charge in [0.1, 0.15) is 0 Å². The first-order valence-corrected chi connectivity index (χ1v) is 7.17. The maximum Gasteiger partial charge on any atom is 0.236 e. The number of hydrogen-bond acceptors (Lipinski definition) is 2. The second kappa shape index (κ2) is 6.34. The van der Waals surface area contributed by atoms with Crippen molar-refractivity contribution in [1.82, 2.24) is 10.2 Å². The fourth-order valence-electron chi connectivity index (χ4n) is 1.77. The zero-order valence-corrected chi connectivity index (χ0v) is 12.2. The number of halogens is 1. The molecule has 2 rings (SSSR count). The van der Waals surface area contributed by atoms with Crippen LogP contribution >= 0.6 is 15.9 Å². The van der Waals surface area contributed by atoms with E-state index in [9.17, 15) is 4.79 Å². The fraction of sp³-hybridized carbons (Fsp3) is 0.500. The molecule has 1 aliphatic rings. The van der Waals surface area contributed by atoms with Crippen molar-refractivity contribution in [3.05, 3.63) is 34.3 Å². The Morgan fingerprint density at radius 2 is 2.17 bits per heavy atom. The highest BCUT2D eigenvalue weighted by molar-refractivity contribution is 9.10. The maximum absolute atomic E-state index is 11.8.